The zero-order valence-electron chi connectivity index (χ0n) is 16.7. The van der Waals surface area contributed by atoms with E-state index in [0.717, 1.165) is 6.07 Å². The molecule has 0 bridgehead atoms. The Morgan fingerprint density at radius 3 is 2.72 bits per heavy atom. The highest BCUT2D eigenvalue weighted by atomic mass is 32.2. The number of carbonyl (C=O) groups is 1. The van der Waals surface area contributed by atoms with E-state index in [4.69, 9.17) is 4.74 Å². The molecule has 1 saturated heterocycles. The molecule has 0 unspecified atom stereocenters. The Balaban J connectivity index is 1.58. The number of anilines is 1. The van der Waals surface area contributed by atoms with Gasteiger partial charge in [-0.05, 0) is 24.3 Å². The molecule has 1 aliphatic heterocycles. The predicted octanol–water partition coefficient (Wildman–Crippen LogP) is 0.844. The largest absolute Gasteiger partial charge is 0.379 e. The molecule has 0 spiro atoms. The van der Waals surface area contributed by atoms with Crippen LogP contribution in [0.15, 0.2) is 58.5 Å². The topological polar surface area (TPSA) is 139 Å². The maximum Gasteiger partial charge on any atom is 0.257 e. The van der Waals surface area contributed by atoms with Crippen LogP contribution in [0.1, 0.15) is 10.4 Å². The number of hydrogen-bond donors (Lipinski definition) is 2. The normalized spacial score (nSPS) is 15.2. The summed E-state index contributed by atoms with van der Waals surface area (Å²) in [5, 5.41) is 7.15. The Kier molecular flexibility index (Phi) is 4.96. The molecule has 1 aromatic carbocycles. The van der Waals surface area contributed by atoms with E-state index in [1.54, 1.807) is 18.3 Å². The van der Waals surface area contributed by atoms with Crippen LogP contribution < -0.4 is 10.9 Å². The molecule has 2 N–H and O–H groups in total. The number of H-pyrrole nitrogens is 1. The van der Waals surface area contributed by atoms with Crippen LogP contribution in [-0.2, 0) is 14.8 Å². The Labute approximate surface area is 181 Å². The molecule has 11 nitrogen and oxygen atoms in total. The monoisotopic (exact) mass is 454 g/mol. The molecule has 0 radical (unpaired) electrons. The third-order valence-corrected chi connectivity index (χ3v) is 7.09. The lowest BCUT2D eigenvalue weighted by Crippen LogP contribution is -2.40. The number of aromatic amines is 1. The molecule has 1 fully saturated rings. The zero-order chi connectivity index (χ0) is 22.3. The third kappa shape index (κ3) is 3.53. The van der Waals surface area contributed by atoms with Gasteiger partial charge in [0, 0.05) is 42.3 Å². The average molecular weight is 454 g/mol. The fraction of sp³-hybridized carbons (Fsp3) is 0.200. The van der Waals surface area contributed by atoms with Crippen molar-refractivity contribution in [3.05, 3.63) is 64.7 Å². The van der Waals surface area contributed by atoms with Gasteiger partial charge in [0.05, 0.1) is 29.9 Å². The number of benzene rings is 1. The first kappa shape index (κ1) is 20.3. The number of hydrogen-bond acceptors (Lipinski definition) is 7. The van der Waals surface area contributed by atoms with Crippen molar-refractivity contribution in [1.82, 2.24) is 23.9 Å². The van der Waals surface area contributed by atoms with Crippen molar-refractivity contribution >= 4 is 38.3 Å². The molecule has 1 amide bonds. The fourth-order valence-electron chi connectivity index (χ4n) is 3.63. The van der Waals surface area contributed by atoms with Crippen molar-refractivity contribution in [1.29, 1.82) is 0 Å². The van der Waals surface area contributed by atoms with Gasteiger partial charge in [-0.15, -0.1) is 0 Å². The zero-order valence-corrected chi connectivity index (χ0v) is 17.5. The molecule has 0 atom stereocenters. The van der Waals surface area contributed by atoms with Crippen molar-refractivity contribution < 1.29 is 17.9 Å². The second-order valence-electron chi connectivity index (χ2n) is 7.16. The van der Waals surface area contributed by atoms with E-state index in [-0.39, 0.29) is 23.5 Å². The molecule has 12 heteroatoms. The highest BCUT2D eigenvalue weighted by Crippen LogP contribution is 2.24. The number of amides is 1. The van der Waals surface area contributed by atoms with Gasteiger partial charge in [-0.25, -0.2) is 13.4 Å². The number of nitrogens with one attached hydrogen (secondary N) is 2. The molecular weight excluding hydrogens is 436 g/mol. The van der Waals surface area contributed by atoms with Crippen LogP contribution in [0.2, 0.25) is 0 Å². The molecule has 32 heavy (non-hydrogen) atoms. The fourth-order valence-corrected chi connectivity index (χ4v) is 5.06. The second-order valence-corrected chi connectivity index (χ2v) is 9.09. The molecule has 3 aromatic heterocycles. The molecule has 4 aromatic rings. The summed E-state index contributed by atoms with van der Waals surface area (Å²) in [7, 11) is -3.78. The van der Waals surface area contributed by atoms with E-state index in [1.165, 1.54) is 33.2 Å². The van der Waals surface area contributed by atoms with Crippen molar-refractivity contribution in [2.45, 2.75) is 4.90 Å². The molecule has 4 heterocycles. The summed E-state index contributed by atoms with van der Waals surface area (Å²) in [5.74, 6) is -0.222. The average Bonchev–Trinajstić information content (AvgIpc) is 3.28. The van der Waals surface area contributed by atoms with E-state index >= 15 is 0 Å². The first-order chi connectivity index (χ1) is 15.4. The molecule has 164 valence electrons. The maximum atomic E-state index is 13.1. The first-order valence-electron chi connectivity index (χ1n) is 9.78. The molecule has 0 saturated carbocycles. The summed E-state index contributed by atoms with van der Waals surface area (Å²) in [4.78, 5) is 32.1. The summed E-state index contributed by atoms with van der Waals surface area (Å²) < 4.78 is 34.2. The molecule has 5 rings (SSSR count). The Bertz CT molecular complexity index is 1500. The Morgan fingerprint density at radius 2 is 1.91 bits per heavy atom. The van der Waals surface area contributed by atoms with Gasteiger partial charge in [-0.3, -0.25) is 9.59 Å². The van der Waals surface area contributed by atoms with Gasteiger partial charge >= 0.3 is 0 Å². The van der Waals surface area contributed by atoms with E-state index in [1.807, 2.05) is 0 Å². The molecule has 0 aliphatic carbocycles. The van der Waals surface area contributed by atoms with Gasteiger partial charge in [0.2, 0.25) is 15.6 Å². The first-order valence-corrected chi connectivity index (χ1v) is 11.2. The highest BCUT2D eigenvalue weighted by Gasteiger charge is 2.27. The minimum Gasteiger partial charge on any atom is -0.379 e. The summed E-state index contributed by atoms with van der Waals surface area (Å²) in [5.41, 5.74) is 0.449. The molecule has 1 aliphatic rings. The van der Waals surface area contributed by atoms with Crippen LogP contribution in [0.3, 0.4) is 0 Å². The second kappa shape index (κ2) is 7.82. The smallest absolute Gasteiger partial charge is 0.257 e. The van der Waals surface area contributed by atoms with Gasteiger partial charge in [-0.1, -0.05) is 0 Å². The number of morpholine rings is 1. The van der Waals surface area contributed by atoms with Crippen LogP contribution >= 0.6 is 0 Å². The van der Waals surface area contributed by atoms with Crippen LogP contribution in [0.25, 0.3) is 16.6 Å². The lowest BCUT2D eigenvalue weighted by molar-refractivity contribution is 0.0730. The lowest BCUT2D eigenvalue weighted by atomic mass is 10.1. The van der Waals surface area contributed by atoms with Gasteiger partial charge in [0.1, 0.15) is 5.82 Å². The van der Waals surface area contributed by atoms with Gasteiger partial charge in [0.25, 0.3) is 5.91 Å². The summed E-state index contributed by atoms with van der Waals surface area (Å²) in [6.07, 6.45) is 3.07. The minimum absolute atomic E-state index is 0.0337. The number of rotatable bonds is 4. The molecular formula is C20H18N6O5S. The van der Waals surface area contributed by atoms with Gasteiger partial charge in [0.15, 0.2) is 5.65 Å². The van der Waals surface area contributed by atoms with E-state index in [9.17, 15) is 18.0 Å². The summed E-state index contributed by atoms with van der Waals surface area (Å²) in [6, 6.07) is 8.70. The van der Waals surface area contributed by atoms with Crippen molar-refractivity contribution in [2.75, 3.05) is 31.6 Å². The number of pyridine rings is 1. The van der Waals surface area contributed by atoms with Crippen LogP contribution in [0.5, 0.6) is 0 Å². The van der Waals surface area contributed by atoms with Crippen molar-refractivity contribution in [3.63, 3.8) is 0 Å². The number of carbonyl (C=O) groups excluding carboxylic acids is 1. The summed E-state index contributed by atoms with van der Waals surface area (Å²) in [6.45, 7) is 1.14. The highest BCUT2D eigenvalue weighted by molar-refractivity contribution is 7.89. The number of fused-ring (bicyclic) bond motifs is 2. The third-order valence-electron chi connectivity index (χ3n) is 5.20. The van der Waals surface area contributed by atoms with E-state index < -0.39 is 21.5 Å². The maximum absolute atomic E-state index is 13.1. The summed E-state index contributed by atoms with van der Waals surface area (Å²) >= 11 is 0. The van der Waals surface area contributed by atoms with Crippen LogP contribution in [-0.4, -0.2) is 64.5 Å². The van der Waals surface area contributed by atoms with Crippen LogP contribution in [0.4, 0.5) is 5.82 Å². The van der Waals surface area contributed by atoms with Gasteiger partial charge < -0.3 is 15.0 Å². The standard InChI is InChI=1S/C20H18N6O5S/c27-19-12-15(20(28)24-18-3-5-21-17-4-6-22-26(17)18)14-11-13(1-2-16(14)23-19)32(29,30)25-7-9-31-10-8-25/h1-6,11-12H,7-10H2,(H,23,27)(H,24,28). The van der Waals surface area contributed by atoms with Gasteiger partial charge in [-0.2, -0.15) is 13.9 Å². The lowest BCUT2D eigenvalue weighted by Gasteiger charge is -2.26. The Morgan fingerprint density at radius 1 is 1.09 bits per heavy atom. The predicted molar refractivity (Wildman–Crippen MR) is 115 cm³/mol. The van der Waals surface area contributed by atoms with E-state index in [0.29, 0.717) is 35.6 Å². The minimum atomic E-state index is -3.78. The van der Waals surface area contributed by atoms with Crippen molar-refractivity contribution in [2.24, 2.45) is 0 Å². The number of aromatic nitrogens is 4. The van der Waals surface area contributed by atoms with Crippen molar-refractivity contribution in [3.8, 4) is 0 Å². The number of nitrogens with zero attached hydrogens (tertiary/aromatic N) is 4. The van der Waals surface area contributed by atoms with E-state index in [2.05, 4.69) is 20.4 Å². The number of ether oxygens (including phenoxy) is 1. The number of sulfonamides is 1. The van der Waals surface area contributed by atoms with Crippen LogP contribution in [0, 0.1) is 0 Å². The SMILES string of the molecule is O=C(Nc1ccnc2ccnn12)c1cc(=O)[nH]c2ccc(S(=O)(=O)N3CCOCC3)cc12. The quantitative estimate of drug-likeness (QED) is 0.466. The Hall–Kier alpha value is -3.61.